The molecular formula is C9H10N6S. The van der Waals surface area contributed by atoms with Crippen LogP contribution in [-0.2, 0) is 0 Å². The van der Waals surface area contributed by atoms with Crippen LogP contribution in [0.15, 0.2) is 35.5 Å². The van der Waals surface area contributed by atoms with Crippen molar-refractivity contribution in [2.24, 2.45) is 5.73 Å². The Morgan fingerprint density at radius 3 is 2.81 bits per heavy atom. The molecule has 0 saturated carbocycles. The molecule has 0 bridgehead atoms. The fourth-order valence-corrected chi connectivity index (χ4v) is 1.79. The summed E-state index contributed by atoms with van der Waals surface area (Å²) in [5.74, 6) is 0.486. The second-order valence-electron chi connectivity index (χ2n) is 3.02. The monoisotopic (exact) mass is 234 g/mol. The predicted octanol–water partition coefficient (Wildman–Crippen LogP) is 0.690. The maximum Gasteiger partial charge on any atom is 0.214 e. The van der Waals surface area contributed by atoms with Gasteiger partial charge in [0.15, 0.2) is 0 Å². The highest BCUT2D eigenvalue weighted by atomic mass is 32.2. The van der Waals surface area contributed by atoms with Crippen LogP contribution in [0.5, 0.6) is 0 Å². The average Bonchev–Trinajstić information content (AvgIpc) is 2.75. The van der Waals surface area contributed by atoms with E-state index in [1.54, 1.807) is 4.68 Å². The Morgan fingerprint density at radius 2 is 2.12 bits per heavy atom. The summed E-state index contributed by atoms with van der Waals surface area (Å²) in [6.07, 6.45) is 0. The van der Waals surface area contributed by atoms with Crippen molar-refractivity contribution in [1.29, 1.82) is 5.41 Å². The number of amidine groups is 1. The molecule has 7 heteroatoms. The second kappa shape index (κ2) is 4.75. The molecule has 0 aliphatic rings. The van der Waals surface area contributed by atoms with Crippen LogP contribution in [0.4, 0.5) is 0 Å². The van der Waals surface area contributed by atoms with Crippen molar-refractivity contribution >= 4 is 17.6 Å². The van der Waals surface area contributed by atoms with Gasteiger partial charge >= 0.3 is 0 Å². The van der Waals surface area contributed by atoms with Crippen molar-refractivity contribution in [3.05, 3.63) is 30.3 Å². The Kier molecular flexibility index (Phi) is 3.16. The molecule has 0 amide bonds. The van der Waals surface area contributed by atoms with Gasteiger partial charge in [-0.05, 0) is 22.6 Å². The van der Waals surface area contributed by atoms with Crippen LogP contribution >= 0.6 is 11.8 Å². The molecule has 2 rings (SSSR count). The number of hydrogen-bond acceptors (Lipinski definition) is 5. The maximum atomic E-state index is 7.15. The van der Waals surface area contributed by atoms with E-state index in [9.17, 15) is 0 Å². The molecule has 1 aromatic heterocycles. The number of thioether (sulfide) groups is 1. The summed E-state index contributed by atoms with van der Waals surface area (Å²) in [5.41, 5.74) is 6.17. The number of tetrazole rings is 1. The van der Waals surface area contributed by atoms with Gasteiger partial charge in [0.1, 0.15) is 5.84 Å². The van der Waals surface area contributed by atoms with Crippen molar-refractivity contribution in [2.75, 3.05) is 5.75 Å². The van der Waals surface area contributed by atoms with E-state index in [1.165, 1.54) is 11.8 Å². The molecule has 0 aliphatic carbocycles. The van der Waals surface area contributed by atoms with Crippen LogP contribution in [0.2, 0.25) is 0 Å². The lowest BCUT2D eigenvalue weighted by atomic mass is 10.3. The van der Waals surface area contributed by atoms with Gasteiger partial charge in [-0.25, -0.2) is 0 Å². The lowest BCUT2D eigenvalue weighted by Crippen LogP contribution is -2.12. The van der Waals surface area contributed by atoms with Crippen LogP contribution in [0.3, 0.4) is 0 Å². The Hall–Kier alpha value is -1.89. The van der Waals surface area contributed by atoms with Gasteiger partial charge in [0, 0.05) is 0 Å². The summed E-state index contributed by atoms with van der Waals surface area (Å²) in [4.78, 5) is 0. The summed E-state index contributed by atoms with van der Waals surface area (Å²) in [6, 6.07) is 9.57. The first-order valence-electron chi connectivity index (χ1n) is 4.57. The highest BCUT2D eigenvalue weighted by Gasteiger charge is 2.08. The molecule has 0 fully saturated rings. The van der Waals surface area contributed by atoms with E-state index in [4.69, 9.17) is 11.1 Å². The van der Waals surface area contributed by atoms with Gasteiger partial charge in [-0.2, -0.15) is 4.68 Å². The first-order chi connectivity index (χ1) is 7.77. The van der Waals surface area contributed by atoms with Gasteiger partial charge in [-0.1, -0.05) is 30.0 Å². The van der Waals surface area contributed by atoms with Crippen LogP contribution in [0.25, 0.3) is 5.69 Å². The predicted molar refractivity (Wildman–Crippen MR) is 61.8 cm³/mol. The number of benzene rings is 1. The van der Waals surface area contributed by atoms with E-state index >= 15 is 0 Å². The molecule has 82 valence electrons. The van der Waals surface area contributed by atoms with Gasteiger partial charge < -0.3 is 5.73 Å². The van der Waals surface area contributed by atoms with Crippen LogP contribution < -0.4 is 5.73 Å². The van der Waals surface area contributed by atoms with E-state index in [0.717, 1.165) is 5.69 Å². The van der Waals surface area contributed by atoms with Gasteiger partial charge in [0.2, 0.25) is 5.16 Å². The molecule has 0 atom stereocenters. The molecular weight excluding hydrogens is 224 g/mol. The Labute approximate surface area is 96.4 Å². The zero-order valence-electron chi connectivity index (χ0n) is 8.37. The Morgan fingerprint density at radius 1 is 1.38 bits per heavy atom. The number of nitrogens with zero attached hydrogens (tertiary/aromatic N) is 4. The zero-order valence-corrected chi connectivity index (χ0v) is 9.18. The minimum absolute atomic E-state index is 0.104. The number of para-hydroxylation sites is 1. The topological polar surface area (TPSA) is 93.5 Å². The van der Waals surface area contributed by atoms with Gasteiger partial charge in [-0.3, -0.25) is 5.41 Å². The highest BCUT2D eigenvalue weighted by Crippen LogP contribution is 2.17. The summed E-state index contributed by atoms with van der Waals surface area (Å²) < 4.78 is 1.62. The van der Waals surface area contributed by atoms with Crippen molar-refractivity contribution in [1.82, 2.24) is 20.2 Å². The third kappa shape index (κ3) is 2.37. The summed E-state index contributed by atoms with van der Waals surface area (Å²) in [6.45, 7) is 0. The third-order valence-corrected chi connectivity index (χ3v) is 2.77. The normalized spacial score (nSPS) is 10.2. The highest BCUT2D eigenvalue weighted by molar-refractivity contribution is 7.99. The molecule has 0 saturated heterocycles. The fraction of sp³-hybridized carbons (Fsp3) is 0.111. The summed E-state index contributed by atoms with van der Waals surface area (Å²) >= 11 is 1.33. The molecule has 0 aliphatic heterocycles. The van der Waals surface area contributed by atoms with Gasteiger partial charge in [0.25, 0.3) is 0 Å². The summed E-state index contributed by atoms with van der Waals surface area (Å²) in [5, 5.41) is 19.1. The summed E-state index contributed by atoms with van der Waals surface area (Å²) in [7, 11) is 0. The molecule has 2 aromatic rings. The first-order valence-corrected chi connectivity index (χ1v) is 5.55. The lowest BCUT2D eigenvalue weighted by Gasteiger charge is -2.02. The molecule has 0 radical (unpaired) electrons. The van der Waals surface area contributed by atoms with E-state index in [-0.39, 0.29) is 5.84 Å². The second-order valence-corrected chi connectivity index (χ2v) is 3.97. The molecule has 6 nitrogen and oxygen atoms in total. The fourth-order valence-electron chi connectivity index (χ4n) is 1.14. The standard InChI is InChI=1S/C9H10N6S/c10-8(11)6-16-9-12-13-14-15(9)7-4-2-1-3-5-7/h1-5H,6H2,(H3,10,11). The first kappa shape index (κ1) is 10.6. The van der Waals surface area contributed by atoms with E-state index in [1.807, 2.05) is 30.3 Å². The largest absolute Gasteiger partial charge is 0.387 e. The quantitative estimate of drug-likeness (QED) is 0.461. The zero-order chi connectivity index (χ0) is 11.4. The minimum Gasteiger partial charge on any atom is -0.387 e. The third-order valence-electron chi connectivity index (χ3n) is 1.80. The molecule has 3 N–H and O–H groups in total. The van der Waals surface area contributed by atoms with Crippen LogP contribution in [-0.4, -0.2) is 31.8 Å². The Bertz CT molecular complexity index is 480. The van der Waals surface area contributed by atoms with Crippen LogP contribution in [0, 0.1) is 5.41 Å². The van der Waals surface area contributed by atoms with E-state index < -0.39 is 0 Å². The van der Waals surface area contributed by atoms with Crippen molar-refractivity contribution in [3.8, 4) is 5.69 Å². The SMILES string of the molecule is N=C(N)CSc1nnnn1-c1ccccc1. The number of hydrogen-bond donors (Lipinski definition) is 2. The Balaban J connectivity index is 2.23. The number of nitrogens with one attached hydrogen (secondary N) is 1. The number of rotatable bonds is 4. The number of aromatic nitrogens is 4. The maximum absolute atomic E-state index is 7.15. The number of nitrogens with two attached hydrogens (primary N) is 1. The van der Waals surface area contributed by atoms with Gasteiger partial charge in [-0.15, -0.1) is 5.10 Å². The van der Waals surface area contributed by atoms with Gasteiger partial charge in [0.05, 0.1) is 11.4 Å². The average molecular weight is 234 g/mol. The molecule has 1 heterocycles. The lowest BCUT2D eigenvalue weighted by molar-refractivity contribution is 0.757. The van der Waals surface area contributed by atoms with Crippen LogP contribution in [0.1, 0.15) is 0 Å². The van der Waals surface area contributed by atoms with E-state index in [2.05, 4.69) is 15.5 Å². The van der Waals surface area contributed by atoms with E-state index in [0.29, 0.717) is 10.9 Å². The molecule has 1 aromatic carbocycles. The molecule has 0 unspecified atom stereocenters. The molecule has 0 spiro atoms. The van der Waals surface area contributed by atoms with Crippen molar-refractivity contribution in [2.45, 2.75) is 5.16 Å². The van der Waals surface area contributed by atoms with Crippen molar-refractivity contribution in [3.63, 3.8) is 0 Å². The molecule has 16 heavy (non-hydrogen) atoms. The van der Waals surface area contributed by atoms with Crippen molar-refractivity contribution < 1.29 is 0 Å². The minimum atomic E-state index is 0.104. The smallest absolute Gasteiger partial charge is 0.214 e.